The Bertz CT molecular complexity index is 814. The van der Waals surface area contributed by atoms with Gasteiger partial charge in [0.25, 0.3) is 5.91 Å². The molecule has 28 heavy (non-hydrogen) atoms. The lowest BCUT2D eigenvalue weighted by molar-refractivity contribution is -0.137. The Hall–Kier alpha value is -2.62. The molecule has 1 aliphatic rings. The smallest absolute Gasteiger partial charge is 0.383 e. The minimum Gasteiger partial charge on any atom is -0.383 e. The van der Waals surface area contributed by atoms with Crippen LogP contribution in [0.15, 0.2) is 24.4 Å². The number of halogens is 3. The Labute approximate surface area is 160 Å². The summed E-state index contributed by atoms with van der Waals surface area (Å²) in [5, 5.41) is 16.7. The van der Waals surface area contributed by atoms with Gasteiger partial charge < -0.3 is 16.0 Å². The molecule has 3 N–H and O–H groups in total. The van der Waals surface area contributed by atoms with Crippen molar-refractivity contribution >= 4 is 17.3 Å². The highest BCUT2D eigenvalue weighted by Gasteiger charge is 2.31. The van der Waals surface area contributed by atoms with Crippen LogP contribution in [-0.4, -0.2) is 40.5 Å². The summed E-state index contributed by atoms with van der Waals surface area (Å²) in [6, 6.07) is 3.39. The van der Waals surface area contributed by atoms with Crippen molar-refractivity contribution in [2.75, 3.05) is 30.3 Å². The van der Waals surface area contributed by atoms with Crippen molar-refractivity contribution in [1.82, 2.24) is 20.3 Å². The third-order valence-corrected chi connectivity index (χ3v) is 4.59. The zero-order valence-electron chi connectivity index (χ0n) is 15.5. The van der Waals surface area contributed by atoms with E-state index in [2.05, 4.69) is 26.3 Å². The molecule has 2 heterocycles. The number of amides is 1. The first-order valence-electron chi connectivity index (χ1n) is 9.27. The number of anilines is 2. The van der Waals surface area contributed by atoms with E-state index in [1.54, 1.807) is 4.68 Å². The van der Waals surface area contributed by atoms with Crippen molar-refractivity contribution in [3.8, 4) is 0 Å². The van der Waals surface area contributed by atoms with Crippen molar-refractivity contribution in [2.24, 2.45) is 0 Å². The molecule has 7 nitrogen and oxygen atoms in total. The summed E-state index contributed by atoms with van der Waals surface area (Å²) in [6.45, 7) is 4.24. The van der Waals surface area contributed by atoms with E-state index in [9.17, 15) is 18.0 Å². The van der Waals surface area contributed by atoms with Crippen LogP contribution in [0.5, 0.6) is 0 Å². The number of rotatable bonds is 6. The zero-order valence-corrected chi connectivity index (χ0v) is 15.5. The van der Waals surface area contributed by atoms with E-state index in [0.717, 1.165) is 44.5 Å². The summed E-state index contributed by atoms with van der Waals surface area (Å²) in [4.78, 5) is 12.5. The number of hydrogen-bond donors (Lipinski definition) is 3. The molecule has 3 rings (SSSR count). The van der Waals surface area contributed by atoms with Crippen LogP contribution in [0.4, 0.5) is 24.5 Å². The topological polar surface area (TPSA) is 83.9 Å². The average Bonchev–Trinajstić information content (AvgIpc) is 3.17. The lowest BCUT2D eigenvalue weighted by Crippen LogP contribution is -2.29. The summed E-state index contributed by atoms with van der Waals surface area (Å²) < 4.78 is 40.8. The molecule has 1 aromatic heterocycles. The molecule has 0 radical (unpaired) electrons. The van der Waals surface area contributed by atoms with Gasteiger partial charge in [-0.3, -0.25) is 4.79 Å². The van der Waals surface area contributed by atoms with Crippen molar-refractivity contribution in [1.29, 1.82) is 0 Å². The second kappa shape index (κ2) is 8.59. The van der Waals surface area contributed by atoms with Gasteiger partial charge in [-0.1, -0.05) is 12.1 Å². The molecule has 0 saturated carbocycles. The molecule has 0 aliphatic carbocycles. The summed E-state index contributed by atoms with van der Waals surface area (Å²) in [5.41, 5.74) is -0.278. The molecular weight excluding hydrogens is 373 g/mol. The van der Waals surface area contributed by atoms with Gasteiger partial charge in [0.1, 0.15) is 0 Å². The van der Waals surface area contributed by atoms with Crippen LogP contribution in [0, 0.1) is 0 Å². The Morgan fingerprint density at radius 3 is 2.71 bits per heavy atom. The maximum atomic E-state index is 13.1. The Morgan fingerprint density at radius 2 is 2.04 bits per heavy atom. The van der Waals surface area contributed by atoms with Gasteiger partial charge in [0.15, 0.2) is 5.69 Å². The van der Waals surface area contributed by atoms with E-state index in [4.69, 9.17) is 0 Å². The molecule has 0 bridgehead atoms. The van der Waals surface area contributed by atoms with Crippen molar-refractivity contribution in [3.63, 3.8) is 0 Å². The highest BCUT2D eigenvalue weighted by atomic mass is 19.4. The van der Waals surface area contributed by atoms with Crippen LogP contribution in [0.1, 0.15) is 48.3 Å². The van der Waals surface area contributed by atoms with Crippen LogP contribution >= 0.6 is 0 Å². The first kappa shape index (κ1) is 20.1. The predicted molar refractivity (Wildman–Crippen MR) is 99.3 cm³/mol. The molecule has 1 aromatic carbocycles. The molecule has 1 saturated heterocycles. The molecule has 2 aromatic rings. The highest BCUT2D eigenvalue weighted by molar-refractivity contribution is 6.04. The second-order valence-electron chi connectivity index (χ2n) is 6.70. The van der Waals surface area contributed by atoms with Gasteiger partial charge in [-0.15, -0.1) is 5.10 Å². The number of nitrogens with one attached hydrogen (secondary N) is 3. The molecule has 0 spiro atoms. The second-order valence-corrected chi connectivity index (χ2v) is 6.70. The van der Waals surface area contributed by atoms with Crippen LogP contribution in [-0.2, 0) is 6.18 Å². The molecule has 1 fully saturated rings. The number of alkyl halides is 3. The quantitative estimate of drug-likeness (QED) is 0.698. The van der Waals surface area contributed by atoms with E-state index >= 15 is 0 Å². The van der Waals surface area contributed by atoms with E-state index in [0.29, 0.717) is 12.2 Å². The maximum Gasteiger partial charge on any atom is 0.416 e. The van der Waals surface area contributed by atoms with E-state index in [1.807, 2.05) is 6.92 Å². The summed E-state index contributed by atoms with van der Waals surface area (Å²) in [7, 11) is 0. The lowest BCUT2D eigenvalue weighted by atomic mass is 10.1. The summed E-state index contributed by atoms with van der Waals surface area (Å²) in [5.74, 6) is -0.598. The SMILES string of the molecule is CCCNc1ccc(C(F)(F)F)cc1NC(=O)c1cn(C2CCNCC2)nn1. The van der Waals surface area contributed by atoms with Crippen molar-refractivity contribution in [3.05, 3.63) is 35.7 Å². The molecule has 0 atom stereocenters. The number of nitrogens with zero attached hydrogens (tertiary/aromatic N) is 3. The fourth-order valence-corrected chi connectivity index (χ4v) is 3.05. The van der Waals surface area contributed by atoms with Crippen molar-refractivity contribution < 1.29 is 18.0 Å². The van der Waals surface area contributed by atoms with Gasteiger partial charge >= 0.3 is 6.18 Å². The molecule has 1 aliphatic heterocycles. The van der Waals surface area contributed by atoms with E-state index in [-0.39, 0.29) is 17.4 Å². The fraction of sp³-hybridized carbons (Fsp3) is 0.500. The van der Waals surface area contributed by atoms with E-state index in [1.165, 1.54) is 12.3 Å². The Balaban J connectivity index is 1.79. The van der Waals surface area contributed by atoms with Crippen LogP contribution < -0.4 is 16.0 Å². The van der Waals surface area contributed by atoms with Crippen molar-refractivity contribution in [2.45, 2.75) is 38.4 Å². The average molecular weight is 396 g/mol. The number of aromatic nitrogens is 3. The largest absolute Gasteiger partial charge is 0.416 e. The van der Waals surface area contributed by atoms with Crippen LogP contribution in [0.2, 0.25) is 0 Å². The molecular formula is C18H23F3N6O. The third kappa shape index (κ3) is 4.80. The normalized spacial score (nSPS) is 15.4. The van der Waals surface area contributed by atoms with Gasteiger partial charge in [0, 0.05) is 6.54 Å². The number of piperidine rings is 1. The van der Waals surface area contributed by atoms with Gasteiger partial charge in [-0.2, -0.15) is 13.2 Å². The van der Waals surface area contributed by atoms with E-state index < -0.39 is 17.6 Å². The Morgan fingerprint density at radius 1 is 1.29 bits per heavy atom. The van der Waals surface area contributed by atoms with Crippen LogP contribution in [0.25, 0.3) is 0 Å². The maximum absolute atomic E-state index is 13.1. The van der Waals surface area contributed by atoms with Gasteiger partial charge in [0.05, 0.1) is 29.2 Å². The monoisotopic (exact) mass is 396 g/mol. The number of carbonyl (C=O) groups is 1. The molecule has 0 unspecified atom stereocenters. The van der Waals surface area contributed by atoms with Crippen LogP contribution in [0.3, 0.4) is 0 Å². The number of hydrogen-bond acceptors (Lipinski definition) is 5. The lowest BCUT2D eigenvalue weighted by Gasteiger charge is -2.22. The summed E-state index contributed by atoms with van der Waals surface area (Å²) >= 11 is 0. The highest BCUT2D eigenvalue weighted by Crippen LogP contribution is 2.34. The third-order valence-electron chi connectivity index (χ3n) is 4.59. The number of carbonyl (C=O) groups excluding carboxylic acids is 1. The zero-order chi connectivity index (χ0) is 20.1. The molecule has 10 heteroatoms. The van der Waals surface area contributed by atoms with Gasteiger partial charge in [-0.05, 0) is 50.6 Å². The van der Waals surface area contributed by atoms with Gasteiger partial charge in [0.2, 0.25) is 0 Å². The number of benzene rings is 1. The Kier molecular flexibility index (Phi) is 6.18. The molecule has 1 amide bonds. The minimum atomic E-state index is -4.50. The minimum absolute atomic E-state index is 0.0599. The standard InChI is InChI=1S/C18H23F3N6O/c1-2-7-23-14-4-3-12(18(19,20)21)10-15(14)24-17(28)16-11-27(26-25-16)13-5-8-22-9-6-13/h3-4,10-11,13,22-23H,2,5-9H2,1H3,(H,24,28). The first-order valence-corrected chi connectivity index (χ1v) is 9.27. The summed E-state index contributed by atoms with van der Waals surface area (Å²) in [6.07, 6.45) is -0.412. The first-order chi connectivity index (χ1) is 13.4. The molecule has 152 valence electrons. The predicted octanol–water partition coefficient (Wildman–Crippen LogP) is 3.30. The van der Waals surface area contributed by atoms with Gasteiger partial charge in [-0.25, -0.2) is 4.68 Å². The fourth-order valence-electron chi connectivity index (χ4n) is 3.05.